The number of fused-ring (bicyclic) bond motifs is 1. The molecule has 3 heterocycles. The fourth-order valence-corrected chi connectivity index (χ4v) is 3.46. The van der Waals surface area contributed by atoms with Crippen molar-refractivity contribution < 1.29 is 0 Å². The molecular formula is C12H13N3S. The van der Waals surface area contributed by atoms with E-state index in [9.17, 15) is 0 Å². The summed E-state index contributed by atoms with van der Waals surface area (Å²) in [7, 11) is 0. The SMILES string of the molecule is C=C1NCCc2c(-c3ccn[nH]3)sc(C)c21. The molecule has 1 aliphatic heterocycles. The van der Waals surface area contributed by atoms with E-state index in [0.29, 0.717) is 0 Å². The molecule has 0 atom stereocenters. The zero-order chi connectivity index (χ0) is 11.1. The van der Waals surface area contributed by atoms with Gasteiger partial charge in [0.05, 0.1) is 10.6 Å². The van der Waals surface area contributed by atoms with Gasteiger partial charge in [0.15, 0.2) is 0 Å². The normalized spacial score (nSPS) is 14.7. The van der Waals surface area contributed by atoms with Crippen LogP contribution in [0, 0.1) is 6.92 Å². The highest BCUT2D eigenvalue weighted by Crippen LogP contribution is 2.39. The quantitative estimate of drug-likeness (QED) is 0.792. The maximum absolute atomic E-state index is 4.08. The van der Waals surface area contributed by atoms with Crippen molar-refractivity contribution in [3.8, 4) is 10.6 Å². The van der Waals surface area contributed by atoms with Crippen LogP contribution in [0.25, 0.3) is 16.3 Å². The number of thiophene rings is 1. The van der Waals surface area contributed by atoms with Gasteiger partial charge in [0.2, 0.25) is 0 Å². The molecule has 2 aromatic rings. The minimum Gasteiger partial charge on any atom is -0.385 e. The summed E-state index contributed by atoms with van der Waals surface area (Å²) in [5, 5.41) is 10.4. The third-order valence-electron chi connectivity index (χ3n) is 2.94. The maximum atomic E-state index is 4.08. The number of nitrogens with one attached hydrogen (secondary N) is 2. The summed E-state index contributed by atoms with van der Waals surface area (Å²) in [5.41, 5.74) is 4.89. The molecule has 1 aliphatic rings. The van der Waals surface area contributed by atoms with Crippen molar-refractivity contribution in [3.63, 3.8) is 0 Å². The molecule has 0 radical (unpaired) electrons. The van der Waals surface area contributed by atoms with E-state index in [1.54, 1.807) is 6.20 Å². The minimum absolute atomic E-state index is 0.975. The van der Waals surface area contributed by atoms with Crippen molar-refractivity contribution in [2.24, 2.45) is 0 Å². The van der Waals surface area contributed by atoms with E-state index in [2.05, 4.69) is 29.0 Å². The van der Waals surface area contributed by atoms with Crippen LogP contribution >= 0.6 is 11.3 Å². The second-order valence-electron chi connectivity index (χ2n) is 3.97. The van der Waals surface area contributed by atoms with Crippen LogP contribution in [0.2, 0.25) is 0 Å². The molecule has 16 heavy (non-hydrogen) atoms. The van der Waals surface area contributed by atoms with E-state index >= 15 is 0 Å². The second kappa shape index (κ2) is 3.49. The van der Waals surface area contributed by atoms with Gasteiger partial charge >= 0.3 is 0 Å². The Morgan fingerprint density at radius 3 is 3.12 bits per heavy atom. The van der Waals surface area contributed by atoms with Gasteiger partial charge < -0.3 is 5.32 Å². The lowest BCUT2D eigenvalue weighted by molar-refractivity contribution is 0.819. The molecular weight excluding hydrogens is 218 g/mol. The number of aryl methyl sites for hydroxylation is 1. The first-order valence-corrected chi connectivity index (χ1v) is 6.14. The average Bonchev–Trinajstić information content (AvgIpc) is 2.86. The summed E-state index contributed by atoms with van der Waals surface area (Å²) >= 11 is 1.82. The Labute approximate surface area is 98.2 Å². The summed E-state index contributed by atoms with van der Waals surface area (Å²) < 4.78 is 0. The molecule has 0 saturated heterocycles. The smallest absolute Gasteiger partial charge is 0.0753 e. The van der Waals surface area contributed by atoms with Crippen molar-refractivity contribution in [1.29, 1.82) is 0 Å². The molecule has 0 spiro atoms. The summed E-state index contributed by atoms with van der Waals surface area (Å²) in [6.45, 7) is 7.21. The van der Waals surface area contributed by atoms with E-state index < -0.39 is 0 Å². The number of hydrogen-bond donors (Lipinski definition) is 2. The molecule has 2 N–H and O–H groups in total. The summed E-state index contributed by atoms with van der Waals surface area (Å²) in [4.78, 5) is 2.64. The summed E-state index contributed by atoms with van der Waals surface area (Å²) in [5.74, 6) is 0. The molecule has 0 aliphatic carbocycles. The van der Waals surface area contributed by atoms with Gasteiger partial charge in [-0.25, -0.2) is 0 Å². The third kappa shape index (κ3) is 1.30. The van der Waals surface area contributed by atoms with Crippen LogP contribution in [0.15, 0.2) is 18.8 Å². The molecule has 0 amide bonds. The van der Waals surface area contributed by atoms with E-state index in [-0.39, 0.29) is 0 Å². The van der Waals surface area contributed by atoms with Crippen LogP contribution in [-0.4, -0.2) is 16.7 Å². The highest BCUT2D eigenvalue weighted by Gasteiger charge is 2.22. The topological polar surface area (TPSA) is 40.7 Å². The van der Waals surface area contributed by atoms with Crippen molar-refractivity contribution in [1.82, 2.24) is 15.5 Å². The fourth-order valence-electron chi connectivity index (χ4n) is 2.25. The van der Waals surface area contributed by atoms with Gasteiger partial charge in [-0.1, -0.05) is 6.58 Å². The zero-order valence-electron chi connectivity index (χ0n) is 9.13. The fraction of sp³-hybridized carbons (Fsp3) is 0.250. The predicted molar refractivity (Wildman–Crippen MR) is 67.4 cm³/mol. The highest BCUT2D eigenvalue weighted by molar-refractivity contribution is 7.16. The third-order valence-corrected chi connectivity index (χ3v) is 4.12. The minimum atomic E-state index is 0.975. The Morgan fingerprint density at radius 2 is 2.38 bits per heavy atom. The van der Waals surface area contributed by atoms with E-state index in [0.717, 1.165) is 24.4 Å². The van der Waals surface area contributed by atoms with Crippen LogP contribution in [0.1, 0.15) is 16.0 Å². The number of hydrogen-bond acceptors (Lipinski definition) is 3. The van der Waals surface area contributed by atoms with E-state index in [1.807, 2.05) is 17.4 Å². The molecule has 0 aromatic carbocycles. The van der Waals surface area contributed by atoms with Crippen molar-refractivity contribution in [2.45, 2.75) is 13.3 Å². The zero-order valence-corrected chi connectivity index (χ0v) is 9.95. The molecule has 3 nitrogen and oxygen atoms in total. The highest BCUT2D eigenvalue weighted by atomic mass is 32.1. The molecule has 3 rings (SSSR count). The van der Waals surface area contributed by atoms with Crippen molar-refractivity contribution in [2.75, 3.05) is 6.54 Å². The van der Waals surface area contributed by atoms with Crippen LogP contribution in [0.4, 0.5) is 0 Å². The molecule has 0 unspecified atom stereocenters. The van der Waals surface area contributed by atoms with Crippen LogP contribution in [0.5, 0.6) is 0 Å². The van der Waals surface area contributed by atoms with Gasteiger partial charge in [-0.15, -0.1) is 11.3 Å². The largest absolute Gasteiger partial charge is 0.385 e. The molecule has 82 valence electrons. The van der Waals surface area contributed by atoms with Gasteiger partial charge in [0.1, 0.15) is 0 Å². The Hall–Kier alpha value is -1.55. The Balaban J connectivity index is 2.22. The Bertz CT molecular complexity index is 537. The van der Waals surface area contributed by atoms with Crippen LogP contribution in [-0.2, 0) is 6.42 Å². The lowest BCUT2D eigenvalue weighted by Crippen LogP contribution is -2.21. The van der Waals surface area contributed by atoms with Gasteiger partial charge in [-0.2, -0.15) is 5.10 Å². The molecule has 0 bridgehead atoms. The average molecular weight is 231 g/mol. The molecule has 0 fully saturated rings. The van der Waals surface area contributed by atoms with Crippen LogP contribution < -0.4 is 5.32 Å². The number of nitrogens with zero attached hydrogens (tertiary/aromatic N) is 1. The number of rotatable bonds is 1. The summed E-state index contributed by atoms with van der Waals surface area (Å²) in [6.07, 6.45) is 2.86. The number of H-pyrrole nitrogens is 1. The first-order chi connectivity index (χ1) is 7.77. The van der Waals surface area contributed by atoms with Crippen molar-refractivity contribution in [3.05, 3.63) is 34.8 Å². The first-order valence-electron chi connectivity index (χ1n) is 5.32. The van der Waals surface area contributed by atoms with Gasteiger partial charge in [0.25, 0.3) is 0 Å². The Morgan fingerprint density at radius 1 is 1.50 bits per heavy atom. The van der Waals surface area contributed by atoms with Gasteiger partial charge in [0, 0.05) is 28.9 Å². The molecule has 0 saturated carbocycles. The lowest BCUT2D eigenvalue weighted by Gasteiger charge is -2.18. The van der Waals surface area contributed by atoms with Crippen molar-refractivity contribution >= 4 is 17.0 Å². The number of aromatic amines is 1. The van der Waals surface area contributed by atoms with E-state index in [4.69, 9.17) is 0 Å². The number of aromatic nitrogens is 2. The first kappa shape index (κ1) is 9.66. The van der Waals surface area contributed by atoms with Gasteiger partial charge in [-0.3, -0.25) is 5.10 Å². The molecule has 4 heteroatoms. The maximum Gasteiger partial charge on any atom is 0.0753 e. The van der Waals surface area contributed by atoms with Gasteiger partial charge in [-0.05, 0) is 25.0 Å². The van der Waals surface area contributed by atoms with E-state index in [1.165, 1.54) is 20.9 Å². The summed E-state index contributed by atoms with van der Waals surface area (Å²) in [6, 6.07) is 2.02. The second-order valence-corrected chi connectivity index (χ2v) is 5.19. The Kier molecular flexibility index (Phi) is 2.11. The molecule has 2 aromatic heterocycles. The predicted octanol–water partition coefficient (Wildman–Crippen LogP) is 2.56. The lowest BCUT2D eigenvalue weighted by atomic mass is 9.98. The van der Waals surface area contributed by atoms with Crippen LogP contribution in [0.3, 0.4) is 0 Å². The monoisotopic (exact) mass is 231 g/mol. The standard InChI is InChI=1S/C12H13N3S/c1-7-11-8(2)16-12(9(11)3-5-13-7)10-4-6-14-15-10/h4,6,13H,1,3,5H2,2H3,(H,14,15).